The Labute approximate surface area is 163 Å². The van der Waals surface area contributed by atoms with Crippen LogP contribution in [0.15, 0.2) is 66.9 Å². The first-order valence-electron chi connectivity index (χ1n) is 8.64. The summed E-state index contributed by atoms with van der Waals surface area (Å²) in [6.45, 7) is 2.85. The highest BCUT2D eigenvalue weighted by atomic mass is 35.5. The molecule has 0 saturated heterocycles. The van der Waals surface area contributed by atoms with E-state index in [0.717, 1.165) is 22.7 Å². The van der Waals surface area contributed by atoms with Gasteiger partial charge in [0.1, 0.15) is 11.4 Å². The Bertz CT molecular complexity index is 931. The van der Waals surface area contributed by atoms with Crippen LogP contribution in [0.4, 0.5) is 11.4 Å². The van der Waals surface area contributed by atoms with Crippen molar-refractivity contribution in [1.29, 1.82) is 0 Å². The van der Waals surface area contributed by atoms with Crippen LogP contribution < -0.4 is 15.4 Å². The number of carbonyl (C=O) groups excluding carboxylic acids is 1. The summed E-state index contributed by atoms with van der Waals surface area (Å²) in [6, 6.07) is 18.5. The Morgan fingerprint density at radius 1 is 1.11 bits per heavy atom. The van der Waals surface area contributed by atoms with Crippen molar-refractivity contribution in [2.45, 2.75) is 13.5 Å². The van der Waals surface area contributed by atoms with Crippen LogP contribution in [0.2, 0.25) is 5.02 Å². The molecule has 138 valence electrons. The summed E-state index contributed by atoms with van der Waals surface area (Å²) in [4.78, 5) is 16.6. The number of anilines is 2. The minimum atomic E-state index is -0.267. The van der Waals surface area contributed by atoms with Gasteiger partial charge in [0.05, 0.1) is 12.3 Å². The van der Waals surface area contributed by atoms with Gasteiger partial charge in [-0.25, -0.2) is 0 Å². The van der Waals surface area contributed by atoms with Crippen LogP contribution in [0.25, 0.3) is 0 Å². The molecule has 27 heavy (non-hydrogen) atoms. The molecule has 1 amide bonds. The van der Waals surface area contributed by atoms with E-state index in [9.17, 15) is 4.79 Å². The first kappa shape index (κ1) is 18.7. The fourth-order valence-corrected chi connectivity index (χ4v) is 2.75. The Balaban J connectivity index is 1.70. The number of hydrogen-bond acceptors (Lipinski definition) is 4. The lowest BCUT2D eigenvalue weighted by Crippen LogP contribution is -2.24. The monoisotopic (exact) mass is 381 g/mol. The molecule has 0 aliphatic heterocycles. The highest BCUT2D eigenvalue weighted by molar-refractivity contribution is 6.31. The predicted octanol–water partition coefficient (Wildman–Crippen LogP) is 4.81. The molecule has 0 unspecified atom stereocenters. The number of hydrogen-bond donors (Lipinski definition) is 2. The van der Waals surface area contributed by atoms with Crippen molar-refractivity contribution in [3.05, 3.63) is 83.1 Å². The number of nitrogens with zero attached hydrogens (tertiary/aromatic N) is 1. The number of rotatable bonds is 7. The summed E-state index contributed by atoms with van der Waals surface area (Å²) in [5, 5.41) is 6.73. The van der Waals surface area contributed by atoms with E-state index in [0.29, 0.717) is 23.9 Å². The summed E-state index contributed by atoms with van der Waals surface area (Å²) < 4.78 is 5.62. The maximum atomic E-state index is 12.4. The maximum Gasteiger partial charge on any atom is 0.270 e. The number of carbonyl (C=O) groups is 1. The summed E-state index contributed by atoms with van der Waals surface area (Å²) in [6.07, 6.45) is 1.59. The van der Waals surface area contributed by atoms with E-state index in [4.69, 9.17) is 16.3 Å². The summed E-state index contributed by atoms with van der Waals surface area (Å²) in [5.74, 6) is 0.484. The van der Waals surface area contributed by atoms with Crippen molar-refractivity contribution < 1.29 is 9.53 Å². The fourth-order valence-electron chi connectivity index (χ4n) is 2.55. The van der Waals surface area contributed by atoms with Crippen LogP contribution in [0, 0.1) is 0 Å². The van der Waals surface area contributed by atoms with Gasteiger partial charge in [-0.15, -0.1) is 0 Å². The molecule has 2 aromatic carbocycles. The third-order valence-electron chi connectivity index (χ3n) is 3.86. The normalized spacial score (nSPS) is 10.3. The lowest BCUT2D eigenvalue weighted by molar-refractivity contribution is 0.0946. The van der Waals surface area contributed by atoms with Crippen LogP contribution >= 0.6 is 11.6 Å². The topological polar surface area (TPSA) is 63.2 Å². The number of halogens is 1. The molecule has 3 rings (SSSR count). The number of aromatic nitrogens is 1. The molecule has 2 N–H and O–H groups in total. The van der Waals surface area contributed by atoms with Crippen molar-refractivity contribution in [3.8, 4) is 5.75 Å². The predicted molar refractivity (Wildman–Crippen MR) is 108 cm³/mol. The third kappa shape index (κ3) is 4.99. The van der Waals surface area contributed by atoms with Crippen molar-refractivity contribution in [2.75, 3.05) is 11.9 Å². The van der Waals surface area contributed by atoms with Gasteiger partial charge in [0.2, 0.25) is 0 Å². The van der Waals surface area contributed by atoms with E-state index >= 15 is 0 Å². The number of pyridine rings is 1. The van der Waals surface area contributed by atoms with Crippen LogP contribution in [0.5, 0.6) is 5.75 Å². The Morgan fingerprint density at radius 3 is 2.70 bits per heavy atom. The van der Waals surface area contributed by atoms with Gasteiger partial charge in [0.15, 0.2) is 0 Å². The zero-order chi connectivity index (χ0) is 19.1. The fraction of sp³-hybridized carbons (Fsp3) is 0.143. The molecule has 1 heterocycles. The van der Waals surface area contributed by atoms with E-state index in [1.807, 2.05) is 49.4 Å². The highest BCUT2D eigenvalue weighted by Crippen LogP contribution is 2.27. The molecular formula is C21H20ClN3O2. The van der Waals surface area contributed by atoms with E-state index in [-0.39, 0.29) is 5.91 Å². The quantitative estimate of drug-likeness (QED) is 0.616. The lowest BCUT2D eigenvalue weighted by Gasteiger charge is -2.13. The van der Waals surface area contributed by atoms with Crippen LogP contribution in [0.1, 0.15) is 23.0 Å². The molecule has 0 radical (unpaired) electrons. The zero-order valence-corrected chi connectivity index (χ0v) is 15.7. The summed E-state index contributed by atoms with van der Waals surface area (Å²) in [5.41, 5.74) is 2.75. The second-order valence-electron chi connectivity index (χ2n) is 5.76. The zero-order valence-electron chi connectivity index (χ0n) is 14.9. The second-order valence-corrected chi connectivity index (χ2v) is 6.17. The number of benzene rings is 2. The number of amides is 1. The van der Waals surface area contributed by atoms with Gasteiger partial charge >= 0.3 is 0 Å². The van der Waals surface area contributed by atoms with Crippen molar-refractivity contribution in [3.63, 3.8) is 0 Å². The molecule has 3 aromatic rings. The minimum Gasteiger partial charge on any atom is -0.492 e. The van der Waals surface area contributed by atoms with Gasteiger partial charge in [-0.2, -0.15) is 0 Å². The lowest BCUT2D eigenvalue weighted by atomic mass is 10.2. The Hall–Kier alpha value is -3.05. The van der Waals surface area contributed by atoms with Crippen LogP contribution in [0.3, 0.4) is 0 Å². The molecular weight excluding hydrogens is 362 g/mol. The highest BCUT2D eigenvalue weighted by Gasteiger charge is 2.10. The van der Waals surface area contributed by atoms with Crippen molar-refractivity contribution >= 4 is 28.9 Å². The summed E-state index contributed by atoms with van der Waals surface area (Å²) in [7, 11) is 0. The van der Waals surface area contributed by atoms with E-state index in [1.165, 1.54) is 0 Å². The summed E-state index contributed by atoms with van der Waals surface area (Å²) >= 11 is 6.12. The minimum absolute atomic E-state index is 0.267. The van der Waals surface area contributed by atoms with Gasteiger partial charge in [-0.05, 0) is 42.8 Å². The number of nitrogens with one attached hydrogen (secondary N) is 2. The van der Waals surface area contributed by atoms with Crippen LogP contribution in [-0.2, 0) is 6.54 Å². The SMILES string of the molecule is CCOc1ccccc1Nc1ccnc(C(=O)NCc2ccccc2Cl)c1. The Morgan fingerprint density at radius 2 is 1.89 bits per heavy atom. The van der Waals surface area contributed by atoms with Gasteiger partial charge < -0.3 is 15.4 Å². The third-order valence-corrected chi connectivity index (χ3v) is 4.22. The maximum absolute atomic E-state index is 12.4. The molecule has 1 aromatic heterocycles. The molecule has 6 heteroatoms. The average Bonchev–Trinajstić information content (AvgIpc) is 2.69. The standard InChI is InChI=1S/C21H20ClN3O2/c1-2-27-20-10-6-5-9-18(20)25-16-11-12-23-19(13-16)21(26)24-14-15-7-3-4-8-17(15)22/h3-13H,2,14H2,1H3,(H,23,25)(H,24,26). The largest absolute Gasteiger partial charge is 0.492 e. The number of ether oxygens (including phenoxy) is 1. The molecule has 0 saturated carbocycles. The Kier molecular flexibility index (Phi) is 6.28. The molecule has 0 fully saturated rings. The molecule has 0 aliphatic rings. The number of para-hydroxylation sites is 2. The van der Waals surface area contributed by atoms with Gasteiger partial charge in [-0.1, -0.05) is 41.9 Å². The smallest absolute Gasteiger partial charge is 0.270 e. The van der Waals surface area contributed by atoms with E-state index in [1.54, 1.807) is 24.4 Å². The van der Waals surface area contributed by atoms with Gasteiger partial charge in [-0.3, -0.25) is 9.78 Å². The van der Waals surface area contributed by atoms with Crippen molar-refractivity contribution in [2.24, 2.45) is 0 Å². The van der Waals surface area contributed by atoms with Crippen LogP contribution in [-0.4, -0.2) is 17.5 Å². The van der Waals surface area contributed by atoms with Crippen molar-refractivity contribution in [1.82, 2.24) is 10.3 Å². The molecule has 0 bridgehead atoms. The first-order valence-corrected chi connectivity index (χ1v) is 9.01. The van der Waals surface area contributed by atoms with Gasteiger partial charge in [0.25, 0.3) is 5.91 Å². The van der Waals surface area contributed by atoms with Gasteiger partial charge in [0, 0.05) is 23.5 Å². The molecule has 0 atom stereocenters. The molecule has 0 aliphatic carbocycles. The molecule has 0 spiro atoms. The van der Waals surface area contributed by atoms with E-state index < -0.39 is 0 Å². The average molecular weight is 382 g/mol. The molecule has 5 nitrogen and oxygen atoms in total. The first-order chi connectivity index (χ1) is 13.2. The van der Waals surface area contributed by atoms with E-state index in [2.05, 4.69) is 15.6 Å². The second kappa shape index (κ2) is 9.05.